The molecule has 0 unspecified atom stereocenters. The van der Waals surface area contributed by atoms with E-state index in [1.54, 1.807) is 6.07 Å². The van der Waals surface area contributed by atoms with Gasteiger partial charge in [0.15, 0.2) is 0 Å². The molecule has 0 spiro atoms. The maximum Gasteiger partial charge on any atom is 0.366 e. The molecule has 0 amide bonds. The summed E-state index contributed by atoms with van der Waals surface area (Å²) in [6.07, 6.45) is 0. The fourth-order valence-electron chi connectivity index (χ4n) is 1.45. The highest BCUT2D eigenvalue weighted by molar-refractivity contribution is 7.89. The van der Waals surface area contributed by atoms with E-state index in [4.69, 9.17) is 0 Å². The summed E-state index contributed by atoms with van der Waals surface area (Å²) in [7, 11) is -4.13. The summed E-state index contributed by atoms with van der Waals surface area (Å²) in [6, 6.07) is 5.85. The van der Waals surface area contributed by atoms with Gasteiger partial charge in [-0.1, -0.05) is 12.1 Å². The molecule has 5 nitrogen and oxygen atoms in total. The van der Waals surface area contributed by atoms with Gasteiger partial charge in [-0.2, -0.15) is 22.0 Å². The molecule has 8 heteroatoms. The van der Waals surface area contributed by atoms with E-state index in [9.17, 15) is 17.2 Å². The Morgan fingerprint density at radius 2 is 2.00 bits per heavy atom. The lowest BCUT2D eigenvalue weighted by atomic mass is 10.3. The molecule has 0 saturated carbocycles. The molecule has 0 atom stereocenters. The topological polar surface area (TPSA) is 59.0 Å². The number of sulfonamides is 1. The molecule has 0 N–H and O–H groups in total. The van der Waals surface area contributed by atoms with Gasteiger partial charge in [0.1, 0.15) is 10.7 Å². The van der Waals surface area contributed by atoms with Crippen molar-refractivity contribution in [1.29, 1.82) is 0 Å². The number of fused-ring (bicyclic) bond motifs is 1. The van der Waals surface area contributed by atoms with Crippen molar-refractivity contribution in [2.24, 2.45) is 4.99 Å². The average molecular weight is 262 g/mol. The zero-order valence-corrected chi connectivity index (χ0v) is 9.49. The summed E-state index contributed by atoms with van der Waals surface area (Å²) in [5.41, 5.74) is 0.208. The first-order valence-electron chi connectivity index (χ1n) is 4.57. The average Bonchev–Trinajstić information content (AvgIpc) is 2.24. The Labute approximate surface area is 96.3 Å². The van der Waals surface area contributed by atoms with E-state index in [0.29, 0.717) is 0 Å². The number of hydroxylamine groups is 1. The Balaban J connectivity index is 2.56. The molecule has 0 fully saturated rings. The first kappa shape index (κ1) is 11.9. The molecule has 1 aliphatic rings. The number of alkyl halides is 2. The molecule has 0 radical (unpaired) electrons. The highest BCUT2D eigenvalue weighted by Crippen LogP contribution is 2.32. The van der Waals surface area contributed by atoms with Gasteiger partial charge in [0.05, 0.1) is 5.69 Å². The van der Waals surface area contributed by atoms with Gasteiger partial charge in [0.25, 0.3) is 10.0 Å². The van der Waals surface area contributed by atoms with Crippen LogP contribution in [0, 0.1) is 0 Å². The number of nitrogens with zero attached hydrogens (tertiary/aromatic N) is 2. The molecular formula is C9H8F2N2O3S. The minimum absolute atomic E-state index is 0.139. The van der Waals surface area contributed by atoms with Crippen molar-refractivity contribution in [2.75, 3.05) is 0 Å². The van der Waals surface area contributed by atoms with Crippen molar-refractivity contribution in [1.82, 2.24) is 4.47 Å². The third-order valence-electron chi connectivity index (χ3n) is 2.08. The zero-order chi connectivity index (χ0) is 12.6. The second-order valence-electron chi connectivity index (χ2n) is 3.22. The van der Waals surface area contributed by atoms with Crippen molar-refractivity contribution in [3.05, 3.63) is 24.3 Å². The van der Waals surface area contributed by atoms with Gasteiger partial charge in [-0.05, 0) is 19.1 Å². The van der Waals surface area contributed by atoms with Gasteiger partial charge in [0, 0.05) is 0 Å². The molecule has 1 aliphatic heterocycles. The maximum absolute atomic E-state index is 12.1. The normalized spacial score (nSPS) is 17.9. The van der Waals surface area contributed by atoms with Gasteiger partial charge in [-0.3, -0.25) is 0 Å². The van der Waals surface area contributed by atoms with Crippen molar-refractivity contribution >= 4 is 21.5 Å². The van der Waals surface area contributed by atoms with Gasteiger partial charge >= 0.3 is 6.61 Å². The lowest BCUT2D eigenvalue weighted by molar-refractivity contribution is -0.212. The zero-order valence-electron chi connectivity index (χ0n) is 8.67. The second kappa shape index (κ2) is 4.04. The Kier molecular flexibility index (Phi) is 2.84. The number of hydrogen-bond donors (Lipinski definition) is 0. The van der Waals surface area contributed by atoms with Crippen LogP contribution >= 0.6 is 0 Å². The molecular weight excluding hydrogens is 254 g/mol. The minimum atomic E-state index is -4.13. The van der Waals surface area contributed by atoms with E-state index in [2.05, 4.69) is 9.83 Å². The molecule has 2 rings (SSSR count). The summed E-state index contributed by atoms with van der Waals surface area (Å²) in [4.78, 5) is 7.68. The maximum atomic E-state index is 12.1. The van der Waals surface area contributed by atoms with Crippen molar-refractivity contribution in [3.63, 3.8) is 0 Å². The number of aliphatic imine (C=N–C) groups is 1. The smallest absolute Gasteiger partial charge is 0.231 e. The van der Waals surface area contributed by atoms with Crippen LogP contribution in [0.1, 0.15) is 6.92 Å². The predicted octanol–water partition coefficient (Wildman–Crippen LogP) is 1.90. The summed E-state index contributed by atoms with van der Waals surface area (Å²) in [5, 5.41) is 0. The molecule has 0 saturated heterocycles. The van der Waals surface area contributed by atoms with E-state index in [1.165, 1.54) is 25.1 Å². The van der Waals surface area contributed by atoms with E-state index in [0.717, 1.165) is 0 Å². The molecule has 1 heterocycles. The summed E-state index contributed by atoms with van der Waals surface area (Å²) < 4.78 is 48.3. The molecule has 1 aromatic rings. The van der Waals surface area contributed by atoms with Crippen LogP contribution in [-0.4, -0.2) is 25.3 Å². The van der Waals surface area contributed by atoms with Gasteiger partial charge in [-0.15, -0.1) is 4.47 Å². The number of halogens is 2. The van der Waals surface area contributed by atoms with Crippen molar-refractivity contribution in [3.8, 4) is 0 Å². The van der Waals surface area contributed by atoms with Crippen LogP contribution in [0.2, 0.25) is 0 Å². The summed E-state index contributed by atoms with van der Waals surface area (Å²) in [5.74, 6) is -0.163. The Hall–Kier alpha value is -1.54. The van der Waals surface area contributed by atoms with Crippen molar-refractivity contribution in [2.45, 2.75) is 18.4 Å². The molecule has 0 aliphatic carbocycles. The third kappa shape index (κ3) is 2.01. The van der Waals surface area contributed by atoms with Gasteiger partial charge in [-0.25, -0.2) is 4.99 Å². The van der Waals surface area contributed by atoms with E-state index in [-0.39, 0.29) is 20.9 Å². The monoisotopic (exact) mass is 262 g/mol. The van der Waals surface area contributed by atoms with Crippen LogP contribution in [0.3, 0.4) is 0 Å². The van der Waals surface area contributed by atoms with Crippen LogP contribution in [0.5, 0.6) is 0 Å². The van der Waals surface area contributed by atoms with Crippen molar-refractivity contribution < 1.29 is 22.0 Å². The Morgan fingerprint density at radius 1 is 1.35 bits per heavy atom. The first-order chi connectivity index (χ1) is 7.93. The Bertz CT molecular complexity index is 571. The minimum Gasteiger partial charge on any atom is -0.231 e. The molecule has 92 valence electrons. The van der Waals surface area contributed by atoms with Crippen LogP contribution in [0.15, 0.2) is 34.2 Å². The Morgan fingerprint density at radius 3 is 2.65 bits per heavy atom. The van der Waals surface area contributed by atoms with Crippen LogP contribution in [0.4, 0.5) is 14.5 Å². The molecule has 0 bridgehead atoms. The molecule has 0 aromatic heterocycles. The first-order valence-corrected chi connectivity index (χ1v) is 6.01. The van der Waals surface area contributed by atoms with E-state index >= 15 is 0 Å². The standard InChI is InChI=1S/C9H8F2N2O3S/c1-6-12-7-4-2-3-5-8(7)17(14,15)13(6)16-9(10)11/h2-5,9H,1H3. The lowest BCUT2D eigenvalue weighted by Crippen LogP contribution is -2.38. The van der Waals surface area contributed by atoms with Crippen LogP contribution in [-0.2, 0) is 14.9 Å². The SMILES string of the molecule is CC1=Nc2ccccc2S(=O)(=O)N1OC(F)F. The summed E-state index contributed by atoms with van der Waals surface area (Å²) >= 11 is 0. The molecule has 17 heavy (non-hydrogen) atoms. The third-order valence-corrected chi connectivity index (χ3v) is 3.77. The number of rotatable bonds is 2. The lowest BCUT2D eigenvalue weighted by Gasteiger charge is -2.26. The number of para-hydroxylation sites is 1. The summed E-state index contributed by atoms with van der Waals surface area (Å²) in [6.45, 7) is -1.96. The van der Waals surface area contributed by atoms with Gasteiger partial charge in [0.2, 0.25) is 0 Å². The number of hydrogen-bond acceptors (Lipinski definition) is 4. The number of benzene rings is 1. The quantitative estimate of drug-likeness (QED) is 0.817. The molecule has 1 aromatic carbocycles. The fourth-order valence-corrected chi connectivity index (χ4v) is 2.83. The highest BCUT2D eigenvalue weighted by Gasteiger charge is 2.35. The van der Waals surface area contributed by atoms with Crippen LogP contribution < -0.4 is 0 Å². The largest absolute Gasteiger partial charge is 0.366 e. The highest BCUT2D eigenvalue weighted by atomic mass is 32.2. The second-order valence-corrected chi connectivity index (χ2v) is 4.95. The van der Waals surface area contributed by atoms with E-state index < -0.39 is 16.6 Å². The van der Waals surface area contributed by atoms with Crippen LogP contribution in [0.25, 0.3) is 0 Å². The predicted molar refractivity (Wildman–Crippen MR) is 55.3 cm³/mol. The fraction of sp³-hybridized carbons (Fsp3) is 0.222. The van der Waals surface area contributed by atoms with Gasteiger partial charge < -0.3 is 0 Å². The number of amidine groups is 1. The van der Waals surface area contributed by atoms with E-state index in [1.807, 2.05) is 0 Å².